The Labute approximate surface area is 212 Å². The summed E-state index contributed by atoms with van der Waals surface area (Å²) in [5.41, 5.74) is 2.74. The van der Waals surface area contributed by atoms with Crippen LogP contribution < -0.4 is 5.30 Å². The fourth-order valence-corrected chi connectivity index (χ4v) is 8.68. The predicted molar refractivity (Wildman–Crippen MR) is 146 cm³/mol. The van der Waals surface area contributed by atoms with Crippen LogP contribution in [0, 0.1) is 13.8 Å². The number of rotatable bonds is 1. The first kappa shape index (κ1) is 27.6. The zero-order valence-corrected chi connectivity index (χ0v) is 24.5. The van der Waals surface area contributed by atoms with Crippen molar-refractivity contribution in [2.45, 2.75) is 65.7 Å². The molecule has 0 aliphatic rings. The molecule has 0 fully saturated rings. The van der Waals surface area contributed by atoms with Gasteiger partial charge in [0.2, 0.25) is 0 Å². The van der Waals surface area contributed by atoms with Crippen molar-refractivity contribution in [3.8, 4) is 0 Å². The van der Waals surface area contributed by atoms with Crippen LogP contribution in [-0.2, 0) is 17.0 Å². The summed E-state index contributed by atoms with van der Waals surface area (Å²) in [6.07, 6.45) is 0. The summed E-state index contributed by atoms with van der Waals surface area (Å²) in [7, 11) is 9.59. The van der Waals surface area contributed by atoms with Crippen molar-refractivity contribution in [1.82, 2.24) is 0 Å². The molecule has 0 aliphatic carbocycles. The predicted octanol–water partition coefficient (Wildman–Crippen LogP) is 9.81. The van der Waals surface area contributed by atoms with Crippen molar-refractivity contribution in [3.63, 3.8) is 0 Å². The van der Waals surface area contributed by atoms with Crippen LogP contribution in [0.3, 0.4) is 0 Å². The Bertz CT molecular complexity index is 1040. The second-order valence-corrected chi connectivity index (χ2v) is 16.6. The van der Waals surface area contributed by atoms with E-state index in [0.717, 1.165) is 0 Å². The number of fused-ring (bicyclic) bond motifs is 2. The van der Waals surface area contributed by atoms with Gasteiger partial charge in [-0.2, -0.15) is 18.2 Å². The van der Waals surface area contributed by atoms with Crippen LogP contribution >= 0.6 is 26.5 Å². The Kier molecular flexibility index (Phi) is 10.1. The van der Waals surface area contributed by atoms with E-state index in [1.807, 2.05) is 0 Å². The van der Waals surface area contributed by atoms with Gasteiger partial charge in [-0.25, -0.2) is 0 Å². The van der Waals surface area contributed by atoms with Gasteiger partial charge in [-0.15, -0.1) is 68.8 Å². The topological polar surface area (TPSA) is 0 Å². The zero-order chi connectivity index (χ0) is 24.1. The number of halogens is 2. The minimum atomic E-state index is -0.556. The average molecular weight is 521 g/mol. The molecule has 4 heteroatoms. The normalized spacial score (nSPS) is 11.7. The molecular formula is C28H35Cl2PTi-2. The molecule has 4 rings (SSSR count). The van der Waals surface area contributed by atoms with E-state index in [0.29, 0.717) is 10.3 Å². The van der Waals surface area contributed by atoms with Gasteiger partial charge < -0.3 is 0 Å². The molecule has 0 amide bonds. The molecule has 32 heavy (non-hydrogen) atoms. The standard InChI is InChI=1S/C17H24P.C11H11.2ClH.Ti/c1-16(2,3)18(17(4,5)6)15-11-13-9-7-8-10-14(13)12-15;1-8-6-7-9(2)11-5-3-4-10(8)11;;;/h7-12H,1-6H3;3-7H,1-2H3;2*1H;/q2*-1;;;+2/p-2. The van der Waals surface area contributed by atoms with Gasteiger partial charge in [0.1, 0.15) is 0 Å². The number of hydrogen-bond donors (Lipinski definition) is 0. The summed E-state index contributed by atoms with van der Waals surface area (Å²) < 4.78 is 0. The van der Waals surface area contributed by atoms with E-state index in [9.17, 15) is 0 Å². The Balaban J connectivity index is 0.000000220. The molecular weight excluding hydrogens is 486 g/mol. The summed E-state index contributed by atoms with van der Waals surface area (Å²) in [6, 6.07) is 24.3. The van der Waals surface area contributed by atoms with Gasteiger partial charge in [0.15, 0.2) is 0 Å². The molecule has 0 saturated heterocycles. The van der Waals surface area contributed by atoms with E-state index in [2.05, 4.69) is 122 Å². The van der Waals surface area contributed by atoms with E-state index in [4.69, 9.17) is 18.6 Å². The Hall–Kier alpha value is -0.616. The van der Waals surface area contributed by atoms with Gasteiger partial charge >= 0.3 is 35.6 Å². The van der Waals surface area contributed by atoms with Gasteiger partial charge in [0.05, 0.1) is 0 Å². The maximum absolute atomic E-state index is 4.89. The molecule has 172 valence electrons. The second kappa shape index (κ2) is 11.7. The van der Waals surface area contributed by atoms with Crippen molar-refractivity contribution in [3.05, 3.63) is 77.9 Å². The molecule has 0 aliphatic heterocycles. The first-order chi connectivity index (χ1) is 14.9. The van der Waals surface area contributed by atoms with E-state index in [1.54, 1.807) is 5.30 Å². The zero-order valence-electron chi connectivity index (χ0n) is 20.6. The number of benzene rings is 2. The summed E-state index contributed by atoms with van der Waals surface area (Å²) in [5, 5.41) is 7.79. The van der Waals surface area contributed by atoms with Crippen LogP contribution in [0.4, 0.5) is 0 Å². The van der Waals surface area contributed by atoms with E-state index >= 15 is 0 Å². The van der Waals surface area contributed by atoms with Crippen LogP contribution in [0.5, 0.6) is 0 Å². The third-order valence-corrected chi connectivity index (χ3v) is 8.91. The van der Waals surface area contributed by atoms with Crippen molar-refractivity contribution in [2.75, 3.05) is 0 Å². The third kappa shape index (κ3) is 7.19. The van der Waals surface area contributed by atoms with Crippen molar-refractivity contribution >= 4 is 53.4 Å². The molecule has 0 heterocycles. The first-order valence-corrected chi connectivity index (χ1v) is 16.6. The molecule has 0 aromatic heterocycles. The molecule has 0 nitrogen and oxygen atoms in total. The molecule has 0 atom stereocenters. The monoisotopic (exact) mass is 520 g/mol. The minimum absolute atomic E-state index is 0.185. The molecule has 0 bridgehead atoms. The van der Waals surface area contributed by atoms with Crippen LogP contribution in [0.25, 0.3) is 21.5 Å². The maximum atomic E-state index is 4.89. The van der Waals surface area contributed by atoms with Crippen LogP contribution in [0.15, 0.2) is 66.7 Å². The fourth-order valence-electron chi connectivity index (χ4n) is 4.58. The van der Waals surface area contributed by atoms with Crippen molar-refractivity contribution in [1.29, 1.82) is 0 Å². The summed E-state index contributed by atoms with van der Waals surface area (Å²) in [5.74, 6) is 0. The van der Waals surface area contributed by atoms with Gasteiger partial charge in [-0.3, -0.25) is 0 Å². The SMILES string of the molecule is CC(C)(C)P(c1cc2ccccc2[cH-]1)C(C)(C)C.Cc1ccc(C)c2[cH-]ccc12.[Cl][Ti][Cl]. The van der Waals surface area contributed by atoms with Gasteiger partial charge in [-0.05, 0) is 17.2 Å². The van der Waals surface area contributed by atoms with Gasteiger partial charge in [0, 0.05) is 0 Å². The Morgan fingerprint density at radius 2 is 1.38 bits per heavy atom. The van der Waals surface area contributed by atoms with Crippen molar-refractivity contribution in [2.24, 2.45) is 0 Å². The van der Waals surface area contributed by atoms with E-state index in [-0.39, 0.29) is 7.92 Å². The summed E-state index contributed by atoms with van der Waals surface area (Å²) >= 11 is -0.556. The average Bonchev–Trinajstić information content (AvgIpc) is 3.31. The molecule has 4 aromatic carbocycles. The molecule has 4 aromatic rings. The van der Waals surface area contributed by atoms with Crippen LogP contribution in [0.2, 0.25) is 0 Å². The quantitative estimate of drug-likeness (QED) is 0.133. The third-order valence-electron chi connectivity index (χ3n) is 5.45. The molecule has 0 saturated carbocycles. The van der Waals surface area contributed by atoms with Crippen LogP contribution in [0.1, 0.15) is 52.7 Å². The van der Waals surface area contributed by atoms with Gasteiger partial charge in [-0.1, -0.05) is 74.1 Å². The fraction of sp³-hybridized carbons (Fsp3) is 0.357. The van der Waals surface area contributed by atoms with E-state index in [1.165, 1.54) is 32.7 Å². The Morgan fingerprint density at radius 3 is 1.91 bits per heavy atom. The number of aryl methyl sites for hydroxylation is 2. The Morgan fingerprint density at radius 1 is 0.812 bits per heavy atom. The molecule has 0 spiro atoms. The van der Waals surface area contributed by atoms with Gasteiger partial charge in [0.25, 0.3) is 0 Å². The van der Waals surface area contributed by atoms with Crippen molar-refractivity contribution < 1.29 is 17.0 Å². The summed E-state index contributed by atoms with van der Waals surface area (Å²) in [6.45, 7) is 18.6. The second-order valence-electron chi connectivity index (χ2n) is 10.1. The summed E-state index contributed by atoms with van der Waals surface area (Å²) in [4.78, 5) is 0. The molecule has 0 radical (unpaired) electrons. The first-order valence-electron chi connectivity index (χ1n) is 10.9. The molecule has 0 unspecified atom stereocenters. The van der Waals surface area contributed by atoms with E-state index < -0.39 is 17.0 Å². The molecule has 0 N–H and O–H groups in total. The number of hydrogen-bond acceptors (Lipinski definition) is 0. The van der Waals surface area contributed by atoms with Crippen LogP contribution in [-0.4, -0.2) is 10.3 Å².